The van der Waals surface area contributed by atoms with E-state index in [1.54, 1.807) is 0 Å². The molecule has 0 spiro atoms. The second-order valence-corrected chi connectivity index (χ2v) is 34.3. The predicted molar refractivity (Wildman–Crippen MR) is 432 cm³/mol. The minimum absolute atomic E-state index is 0.109. The summed E-state index contributed by atoms with van der Waals surface area (Å²) in [6.45, 7) is 7.37. The molecule has 3 N–H and O–H groups in total. The molecule has 0 aliphatic heterocycles. The Kier molecular flexibility index (Phi) is 77.3. The van der Waals surface area contributed by atoms with E-state index in [-0.39, 0.29) is 25.7 Å². The fourth-order valence-electron chi connectivity index (χ4n) is 13.5. The van der Waals surface area contributed by atoms with Crippen molar-refractivity contribution in [2.24, 2.45) is 5.92 Å². The third-order valence-corrected chi connectivity index (χ3v) is 22.2. The molecule has 17 nitrogen and oxygen atoms in total. The number of phosphoric ester groups is 2. The minimum atomic E-state index is -4.96. The summed E-state index contributed by atoms with van der Waals surface area (Å²) < 4.78 is 68.8. The topological polar surface area (TPSA) is 237 Å². The van der Waals surface area contributed by atoms with E-state index in [0.29, 0.717) is 25.7 Å². The van der Waals surface area contributed by atoms with Crippen molar-refractivity contribution in [1.82, 2.24) is 0 Å². The van der Waals surface area contributed by atoms with Gasteiger partial charge in [0.1, 0.15) is 19.3 Å². The van der Waals surface area contributed by atoms with Gasteiger partial charge < -0.3 is 33.8 Å². The molecule has 19 heteroatoms. The van der Waals surface area contributed by atoms with Crippen molar-refractivity contribution < 1.29 is 80.2 Å². The number of hydrogen-bond donors (Lipinski definition) is 3. The van der Waals surface area contributed by atoms with E-state index in [4.69, 9.17) is 37.0 Å². The summed E-state index contributed by atoms with van der Waals surface area (Å²) in [6.07, 6.45) is 72.4. The number of phosphoric acid groups is 2. The minimum Gasteiger partial charge on any atom is -0.462 e. The van der Waals surface area contributed by atoms with Crippen LogP contribution < -0.4 is 0 Å². The first kappa shape index (κ1) is 103. The SMILES string of the molecule is CCCCCCCCCCCCCCCCCCCCCCC(=O)OC[C@H](COP(=O)(O)OC[C@@H](O)COP(=O)(O)OC[C@@H](COC(=O)CCCCCCCCCC)OC(=O)CCCCCCCCCCCCCCCCCC)OC(=O)CCCCCCCCCCCCCCCCCCCCC(C)C. The molecule has 2 unspecified atom stereocenters. The normalized spacial score (nSPS) is 13.8. The Bertz CT molecular complexity index is 2000. The third kappa shape index (κ3) is 79.9. The average molecular weight is 1540 g/mol. The van der Waals surface area contributed by atoms with E-state index in [0.717, 1.165) is 95.8 Å². The van der Waals surface area contributed by atoms with Crippen molar-refractivity contribution in [3.8, 4) is 0 Å². The van der Waals surface area contributed by atoms with Gasteiger partial charge in [-0.1, -0.05) is 413 Å². The van der Waals surface area contributed by atoms with Crippen LogP contribution in [0, 0.1) is 5.92 Å². The highest BCUT2D eigenvalue weighted by molar-refractivity contribution is 7.47. The Hall–Kier alpha value is -1.94. The van der Waals surface area contributed by atoms with E-state index in [1.807, 2.05) is 0 Å². The molecule has 0 bridgehead atoms. The van der Waals surface area contributed by atoms with E-state index in [2.05, 4.69) is 34.6 Å². The Morgan fingerprint density at radius 3 is 0.648 bits per heavy atom. The largest absolute Gasteiger partial charge is 0.472 e. The van der Waals surface area contributed by atoms with Crippen LogP contribution in [0.15, 0.2) is 0 Å². The molecule has 0 saturated carbocycles. The van der Waals surface area contributed by atoms with Gasteiger partial charge in [0.2, 0.25) is 0 Å². The van der Waals surface area contributed by atoms with Crippen molar-refractivity contribution in [2.45, 2.75) is 483 Å². The van der Waals surface area contributed by atoms with Gasteiger partial charge in [0, 0.05) is 25.7 Å². The number of carbonyl (C=O) groups is 4. The fourth-order valence-corrected chi connectivity index (χ4v) is 15.1. The maximum Gasteiger partial charge on any atom is 0.472 e. The van der Waals surface area contributed by atoms with Gasteiger partial charge in [-0.25, -0.2) is 9.13 Å². The van der Waals surface area contributed by atoms with E-state index < -0.39 is 97.5 Å². The van der Waals surface area contributed by atoms with Crippen LogP contribution >= 0.6 is 15.6 Å². The van der Waals surface area contributed by atoms with Gasteiger partial charge in [0.05, 0.1) is 26.4 Å². The van der Waals surface area contributed by atoms with Gasteiger partial charge in [-0.2, -0.15) is 0 Å². The summed E-state index contributed by atoms with van der Waals surface area (Å²) in [6, 6.07) is 0. The highest BCUT2D eigenvalue weighted by atomic mass is 31.2. The number of ether oxygens (including phenoxy) is 4. The Morgan fingerprint density at radius 2 is 0.438 bits per heavy atom. The highest BCUT2D eigenvalue weighted by Gasteiger charge is 2.30. The molecule has 0 aliphatic rings. The first-order chi connectivity index (χ1) is 51.0. The molecule has 5 atom stereocenters. The van der Waals surface area contributed by atoms with Gasteiger partial charge in [-0.05, 0) is 31.6 Å². The lowest BCUT2D eigenvalue weighted by molar-refractivity contribution is -0.161. The number of carbonyl (C=O) groups excluding carboxylic acids is 4. The number of esters is 4. The van der Waals surface area contributed by atoms with Gasteiger partial charge in [0.25, 0.3) is 0 Å². The van der Waals surface area contributed by atoms with Gasteiger partial charge in [0.15, 0.2) is 12.2 Å². The molecular formula is C86H168O17P2. The van der Waals surface area contributed by atoms with Crippen LogP contribution in [0.2, 0.25) is 0 Å². The number of hydrogen-bond acceptors (Lipinski definition) is 15. The van der Waals surface area contributed by atoms with Gasteiger partial charge >= 0.3 is 39.5 Å². The summed E-state index contributed by atoms with van der Waals surface area (Å²) >= 11 is 0. The Balaban J connectivity index is 5.18. The highest BCUT2D eigenvalue weighted by Crippen LogP contribution is 2.45. The maximum atomic E-state index is 13.1. The summed E-state index contributed by atoms with van der Waals surface area (Å²) in [5.41, 5.74) is 0. The zero-order chi connectivity index (χ0) is 76.9. The molecule has 0 radical (unpaired) electrons. The standard InChI is InChI=1S/C86H168O17P2/c1-6-9-12-15-18-21-23-25-27-29-30-31-35-39-42-46-50-55-60-65-70-84(89)97-76-82(103-86(91)72-67-62-57-52-48-44-40-36-33-32-34-37-41-45-49-53-58-63-68-79(4)5)78-101-105(94,95)99-74-80(87)73-98-104(92,93)100-77-81(75-96-83(88)69-64-59-54-20-17-14-11-8-3)102-85(90)71-66-61-56-51-47-43-38-28-26-24-22-19-16-13-10-7-2/h79-82,87H,6-78H2,1-5H3,(H,92,93)(H,94,95)/t80-,81+,82+/m0/s1. The smallest absolute Gasteiger partial charge is 0.462 e. The summed E-state index contributed by atoms with van der Waals surface area (Å²) in [7, 11) is -9.92. The fraction of sp³-hybridized carbons (Fsp3) is 0.953. The van der Waals surface area contributed by atoms with Crippen LogP contribution in [0.3, 0.4) is 0 Å². The number of rotatable bonds is 86. The second-order valence-electron chi connectivity index (χ2n) is 31.4. The van der Waals surface area contributed by atoms with Crippen molar-refractivity contribution >= 4 is 39.5 Å². The second kappa shape index (κ2) is 78.7. The lowest BCUT2D eigenvalue weighted by Gasteiger charge is -2.21. The van der Waals surface area contributed by atoms with Crippen LogP contribution in [-0.4, -0.2) is 96.7 Å². The predicted octanol–water partition coefficient (Wildman–Crippen LogP) is 26.4. The van der Waals surface area contributed by atoms with Crippen LogP contribution in [0.25, 0.3) is 0 Å². The summed E-state index contributed by atoms with van der Waals surface area (Å²) in [5.74, 6) is -1.28. The lowest BCUT2D eigenvalue weighted by Crippen LogP contribution is -2.30. The van der Waals surface area contributed by atoms with Crippen molar-refractivity contribution in [2.75, 3.05) is 39.6 Å². The van der Waals surface area contributed by atoms with Crippen LogP contribution in [0.5, 0.6) is 0 Å². The van der Waals surface area contributed by atoms with Crippen LogP contribution in [0.4, 0.5) is 0 Å². The molecule has 0 fully saturated rings. The number of aliphatic hydroxyl groups excluding tert-OH is 1. The van der Waals surface area contributed by atoms with Crippen molar-refractivity contribution in [3.63, 3.8) is 0 Å². The lowest BCUT2D eigenvalue weighted by atomic mass is 10.0. The molecule has 105 heavy (non-hydrogen) atoms. The maximum absolute atomic E-state index is 13.1. The van der Waals surface area contributed by atoms with E-state index in [1.165, 1.54) is 289 Å². The first-order valence-electron chi connectivity index (χ1n) is 44.6. The molecule has 0 amide bonds. The van der Waals surface area contributed by atoms with E-state index in [9.17, 15) is 43.2 Å². The van der Waals surface area contributed by atoms with Gasteiger partial charge in [-0.15, -0.1) is 0 Å². The van der Waals surface area contributed by atoms with Gasteiger partial charge in [-0.3, -0.25) is 37.3 Å². The van der Waals surface area contributed by atoms with Crippen LogP contribution in [-0.2, 0) is 65.4 Å². The summed E-state index contributed by atoms with van der Waals surface area (Å²) in [5, 5.41) is 10.7. The quantitative estimate of drug-likeness (QED) is 0.0222. The van der Waals surface area contributed by atoms with Crippen molar-refractivity contribution in [3.05, 3.63) is 0 Å². The number of aliphatic hydroxyl groups is 1. The molecule has 0 aliphatic carbocycles. The first-order valence-corrected chi connectivity index (χ1v) is 47.6. The molecule has 0 aromatic rings. The average Bonchev–Trinajstić information content (AvgIpc) is 0.932. The molecule has 0 heterocycles. The van der Waals surface area contributed by atoms with Crippen molar-refractivity contribution in [1.29, 1.82) is 0 Å². The molecule has 624 valence electrons. The zero-order valence-corrected chi connectivity index (χ0v) is 70.7. The monoisotopic (exact) mass is 1540 g/mol. The number of unbranched alkanes of at least 4 members (excludes halogenated alkanes) is 58. The molecule has 0 aromatic carbocycles. The molecule has 0 aromatic heterocycles. The molecule has 0 saturated heterocycles. The molecular weight excluding hydrogens is 1370 g/mol. The summed E-state index contributed by atoms with van der Waals surface area (Å²) in [4.78, 5) is 73.1. The van der Waals surface area contributed by atoms with Crippen LogP contribution in [0.1, 0.15) is 465 Å². The Morgan fingerprint density at radius 1 is 0.257 bits per heavy atom. The van der Waals surface area contributed by atoms with E-state index >= 15 is 0 Å². The Labute approximate surface area is 645 Å². The zero-order valence-electron chi connectivity index (χ0n) is 68.9. The molecule has 0 rings (SSSR count). The third-order valence-electron chi connectivity index (χ3n) is 20.3.